The number of benzene rings is 1. The number of rotatable bonds is 3. The molecule has 0 aliphatic carbocycles. The summed E-state index contributed by atoms with van der Waals surface area (Å²) in [5, 5.41) is 0. The fourth-order valence-corrected chi connectivity index (χ4v) is 3.03. The van der Waals surface area contributed by atoms with Crippen molar-refractivity contribution < 1.29 is 9.18 Å². The molecule has 2 rings (SSSR count). The molecule has 1 aromatic rings. The van der Waals surface area contributed by atoms with Gasteiger partial charge >= 0.3 is 0 Å². The molecular formula is C15H20BrFN2O. The normalized spacial score (nSPS) is 20.8. The Morgan fingerprint density at radius 3 is 3.00 bits per heavy atom. The first-order valence-corrected chi connectivity index (χ1v) is 7.74. The molecular weight excluding hydrogens is 323 g/mol. The van der Waals surface area contributed by atoms with Gasteiger partial charge in [-0.1, -0.05) is 6.07 Å². The molecule has 5 heteroatoms. The lowest BCUT2D eigenvalue weighted by atomic mass is 9.92. The van der Waals surface area contributed by atoms with E-state index in [4.69, 9.17) is 5.73 Å². The van der Waals surface area contributed by atoms with Gasteiger partial charge in [-0.25, -0.2) is 4.39 Å². The van der Waals surface area contributed by atoms with E-state index in [2.05, 4.69) is 15.9 Å². The van der Waals surface area contributed by atoms with Gasteiger partial charge in [-0.05, 0) is 59.3 Å². The fourth-order valence-electron chi connectivity index (χ4n) is 2.60. The molecule has 1 fully saturated rings. The van der Waals surface area contributed by atoms with E-state index in [0.29, 0.717) is 16.8 Å². The molecule has 1 aliphatic heterocycles. The Morgan fingerprint density at radius 1 is 1.60 bits per heavy atom. The van der Waals surface area contributed by atoms with Crippen LogP contribution in [0.1, 0.15) is 25.3 Å². The number of carbonyl (C=O) groups excluding carboxylic acids is 1. The zero-order valence-electron chi connectivity index (χ0n) is 11.6. The molecule has 110 valence electrons. The van der Waals surface area contributed by atoms with Crippen molar-refractivity contribution in [1.82, 2.24) is 4.90 Å². The Morgan fingerprint density at radius 2 is 2.35 bits per heavy atom. The zero-order valence-corrected chi connectivity index (χ0v) is 13.2. The molecule has 3 nitrogen and oxygen atoms in total. The van der Waals surface area contributed by atoms with Crippen LogP contribution in [-0.2, 0) is 11.2 Å². The molecule has 0 saturated carbocycles. The molecule has 2 atom stereocenters. The van der Waals surface area contributed by atoms with Crippen LogP contribution in [0.15, 0.2) is 22.7 Å². The molecule has 2 N–H and O–H groups in total. The van der Waals surface area contributed by atoms with Crippen LogP contribution in [0.4, 0.5) is 4.39 Å². The predicted octanol–water partition coefficient (Wildman–Crippen LogP) is 2.72. The van der Waals surface area contributed by atoms with Crippen molar-refractivity contribution in [2.75, 3.05) is 13.1 Å². The second-order valence-electron chi connectivity index (χ2n) is 5.53. The summed E-state index contributed by atoms with van der Waals surface area (Å²) < 4.78 is 13.6. The summed E-state index contributed by atoms with van der Waals surface area (Å²) in [5.41, 5.74) is 6.76. The Labute approximate surface area is 127 Å². The minimum Gasteiger partial charge on any atom is -0.342 e. The van der Waals surface area contributed by atoms with Gasteiger partial charge in [-0.2, -0.15) is 0 Å². The number of nitrogens with two attached hydrogens (primary N) is 1. The zero-order chi connectivity index (χ0) is 14.7. The molecule has 1 saturated heterocycles. The van der Waals surface area contributed by atoms with Crippen molar-refractivity contribution in [2.24, 2.45) is 11.7 Å². The van der Waals surface area contributed by atoms with Gasteiger partial charge in [0.2, 0.25) is 5.91 Å². The molecule has 0 bridgehead atoms. The van der Waals surface area contributed by atoms with Crippen LogP contribution in [0, 0.1) is 11.7 Å². The maximum atomic E-state index is 13.2. The number of hydrogen-bond donors (Lipinski definition) is 1. The van der Waals surface area contributed by atoms with E-state index < -0.39 is 0 Å². The Kier molecular flexibility index (Phi) is 5.16. The van der Waals surface area contributed by atoms with E-state index in [-0.39, 0.29) is 17.8 Å². The molecule has 0 radical (unpaired) electrons. The number of hydrogen-bond acceptors (Lipinski definition) is 2. The molecule has 0 aromatic heterocycles. The van der Waals surface area contributed by atoms with E-state index >= 15 is 0 Å². The molecule has 1 amide bonds. The van der Waals surface area contributed by atoms with Gasteiger partial charge in [0.25, 0.3) is 0 Å². The molecule has 0 spiro atoms. The van der Waals surface area contributed by atoms with Crippen LogP contribution in [0.25, 0.3) is 0 Å². The maximum Gasteiger partial charge on any atom is 0.227 e. The average molecular weight is 343 g/mol. The molecule has 1 aromatic carbocycles. The molecule has 20 heavy (non-hydrogen) atoms. The second-order valence-corrected chi connectivity index (χ2v) is 6.38. The minimum absolute atomic E-state index is 0.0915. The number of amides is 1. The van der Waals surface area contributed by atoms with E-state index in [9.17, 15) is 9.18 Å². The molecule has 1 aliphatic rings. The standard InChI is InChI=1S/C15H20BrFN2O/c1-10(18)12-3-2-6-19(9-12)15(20)8-11-4-5-14(17)13(16)7-11/h4-5,7,10,12H,2-3,6,8-9,18H2,1H3/t10-,12+/m0/s1. The SMILES string of the molecule is C[C@H](N)[C@@H]1CCCN(C(=O)Cc2ccc(F)c(Br)c2)C1. The third-order valence-corrected chi connectivity index (χ3v) is 4.50. The summed E-state index contributed by atoms with van der Waals surface area (Å²) in [7, 11) is 0. The van der Waals surface area contributed by atoms with Crippen LogP contribution >= 0.6 is 15.9 Å². The third kappa shape index (κ3) is 3.79. The van der Waals surface area contributed by atoms with Crippen molar-refractivity contribution in [3.8, 4) is 0 Å². The van der Waals surface area contributed by atoms with Crippen LogP contribution in [0.2, 0.25) is 0 Å². The Balaban J connectivity index is 1.98. The first-order chi connectivity index (χ1) is 9.47. The van der Waals surface area contributed by atoms with Gasteiger partial charge in [0.15, 0.2) is 0 Å². The minimum atomic E-state index is -0.309. The lowest BCUT2D eigenvalue weighted by molar-refractivity contribution is -0.132. The summed E-state index contributed by atoms with van der Waals surface area (Å²) >= 11 is 3.14. The van der Waals surface area contributed by atoms with Crippen LogP contribution in [0.5, 0.6) is 0 Å². The summed E-state index contributed by atoms with van der Waals surface area (Å²) in [5.74, 6) is 0.165. The van der Waals surface area contributed by atoms with Gasteiger partial charge < -0.3 is 10.6 Å². The Bertz CT molecular complexity index is 493. The van der Waals surface area contributed by atoms with Gasteiger partial charge in [-0.3, -0.25) is 4.79 Å². The maximum absolute atomic E-state index is 13.2. The Hall–Kier alpha value is -0.940. The fraction of sp³-hybridized carbons (Fsp3) is 0.533. The predicted molar refractivity (Wildman–Crippen MR) is 80.8 cm³/mol. The van der Waals surface area contributed by atoms with Gasteiger partial charge in [0.1, 0.15) is 5.82 Å². The highest BCUT2D eigenvalue weighted by molar-refractivity contribution is 9.10. The number of nitrogens with zero attached hydrogens (tertiary/aromatic N) is 1. The largest absolute Gasteiger partial charge is 0.342 e. The lowest BCUT2D eigenvalue weighted by Crippen LogP contribution is -2.45. The monoisotopic (exact) mass is 342 g/mol. The van der Waals surface area contributed by atoms with Crippen LogP contribution < -0.4 is 5.73 Å². The highest BCUT2D eigenvalue weighted by Gasteiger charge is 2.25. The summed E-state index contributed by atoms with van der Waals surface area (Å²) in [6.45, 7) is 3.53. The average Bonchev–Trinajstić information content (AvgIpc) is 2.43. The quantitative estimate of drug-likeness (QED) is 0.917. The van der Waals surface area contributed by atoms with Crippen molar-refractivity contribution in [3.63, 3.8) is 0 Å². The smallest absolute Gasteiger partial charge is 0.227 e. The highest BCUT2D eigenvalue weighted by Crippen LogP contribution is 2.21. The van der Waals surface area contributed by atoms with E-state index in [1.807, 2.05) is 11.8 Å². The summed E-state index contributed by atoms with van der Waals surface area (Å²) in [6, 6.07) is 4.82. The third-order valence-electron chi connectivity index (χ3n) is 3.89. The van der Waals surface area contributed by atoms with Crippen molar-refractivity contribution >= 4 is 21.8 Å². The number of halogens is 2. The molecule has 0 unspecified atom stereocenters. The lowest BCUT2D eigenvalue weighted by Gasteiger charge is -2.34. The van der Waals surface area contributed by atoms with Gasteiger partial charge in [0.05, 0.1) is 10.9 Å². The van der Waals surface area contributed by atoms with E-state index in [0.717, 1.165) is 31.5 Å². The van der Waals surface area contributed by atoms with Crippen LogP contribution in [0.3, 0.4) is 0 Å². The summed E-state index contributed by atoms with van der Waals surface area (Å²) in [4.78, 5) is 14.2. The number of piperidine rings is 1. The number of carbonyl (C=O) groups is 1. The topological polar surface area (TPSA) is 46.3 Å². The molecule has 1 heterocycles. The first-order valence-electron chi connectivity index (χ1n) is 6.94. The van der Waals surface area contributed by atoms with E-state index in [1.165, 1.54) is 6.07 Å². The summed E-state index contributed by atoms with van der Waals surface area (Å²) in [6.07, 6.45) is 2.40. The highest BCUT2D eigenvalue weighted by atomic mass is 79.9. The van der Waals surface area contributed by atoms with Crippen LogP contribution in [-0.4, -0.2) is 29.9 Å². The van der Waals surface area contributed by atoms with Crippen molar-refractivity contribution in [2.45, 2.75) is 32.2 Å². The van der Waals surface area contributed by atoms with E-state index in [1.54, 1.807) is 12.1 Å². The van der Waals surface area contributed by atoms with Gasteiger partial charge in [0, 0.05) is 19.1 Å². The van der Waals surface area contributed by atoms with Crippen molar-refractivity contribution in [1.29, 1.82) is 0 Å². The van der Waals surface area contributed by atoms with Gasteiger partial charge in [-0.15, -0.1) is 0 Å². The number of likely N-dealkylation sites (tertiary alicyclic amines) is 1. The second kappa shape index (κ2) is 6.68. The van der Waals surface area contributed by atoms with Crippen molar-refractivity contribution in [3.05, 3.63) is 34.1 Å². The first kappa shape index (κ1) is 15.4.